The van der Waals surface area contributed by atoms with E-state index in [0.29, 0.717) is 32.9 Å². The first-order valence-electron chi connectivity index (χ1n) is 14.3. The molecule has 234 valence electrons. The lowest BCUT2D eigenvalue weighted by molar-refractivity contribution is -0.385. The summed E-state index contributed by atoms with van der Waals surface area (Å²) in [4.78, 5) is 42.6. The molecule has 0 aliphatic carbocycles. The van der Waals surface area contributed by atoms with E-state index in [4.69, 9.17) is 26.1 Å². The summed E-state index contributed by atoms with van der Waals surface area (Å²) in [6.45, 7) is 5.43. The van der Waals surface area contributed by atoms with Crippen LogP contribution >= 0.6 is 11.6 Å². The molecule has 1 heterocycles. The summed E-state index contributed by atoms with van der Waals surface area (Å²) in [6.07, 6.45) is 1.28. The number of methoxy groups -OCH3 is 1. The minimum absolute atomic E-state index is 0.111. The summed E-state index contributed by atoms with van der Waals surface area (Å²) in [5.74, 6) is 0.371. The van der Waals surface area contributed by atoms with Gasteiger partial charge in [0.25, 0.3) is 11.5 Å². The quantitative estimate of drug-likeness (QED) is 0.0989. The SMILES string of the molecule is COc1cc(C)c(-c2nc3ccccc3c(=O)n2N=Cc2cccc([N+](=O)[O-])c2OCC(=O)Nc2ccc(Cl)cc2)cc1C(C)C. The van der Waals surface area contributed by atoms with Gasteiger partial charge in [-0.05, 0) is 78.6 Å². The summed E-state index contributed by atoms with van der Waals surface area (Å²) in [5, 5.41) is 19.9. The zero-order chi connectivity index (χ0) is 33.0. The molecule has 5 aromatic rings. The average Bonchev–Trinajstić information content (AvgIpc) is 3.04. The van der Waals surface area contributed by atoms with Gasteiger partial charge in [0.1, 0.15) is 5.75 Å². The van der Waals surface area contributed by atoms with Gasteiger partial charge in [0.15, 0.2) is 12.4 Å². The van der Waals surface area contributed by atoms with E-state index in [1.165, 1.54) is 24.4 Å². The molecule has 1 aromatic heterocycles. The number of para-hydroxylation sites is 2. The van der Waals surface area contributed by atoms with Gasteiger partial charge in [-0.1, -0.05) is 43.6 Å². The molecular formula is C34H30ClN5O6. The highest BCUT2D eigenvalue weighted by molar-refractivity contribution is 6.30. The lowest BCUT2D eigenvalue weighted by Crippen LogP contribution is -2.21. The number of carbonyl (C=O) groups is 1. The summed E-state index contributed by atoms with van der Waals surface area (Å²) >= 11 is 5.91. The zero-order valence-electron chi connectivity index (χ0n) is 25.5. The van der Waals surface area contributed by atoms with Crippen LogP contribution in [-0.4, -0.2) is 40.4 Å². The Bertz CT molecular complexity index is 2040. The Balaban J connectivity index is 1.59. The third-order valence-electron chi connectivity index (χ3n) is 7.20. The number of nitrogens with zero attached hydrogens (tertiary/aromatic N) is 4. The van der Waals surface area contributed by atoms with Crippen molar-refractivity contribution in [1.82, 2.24) is 9.66 Å². The van der Waals surface area contributed by atoms with Crippen LogP contribution in [0.25, 0.3) is 22.3 Å². The highest BCUT2D eigenvalue weighted by atomic mass is 35.5. The number of anilines is 1. The number of nitro groups is 1. The number of nitro benzene ring substituents is 1. The summed E-state index contributed by atoms with van der Waals surface area (Å²) in [6, 6.07) is 21.5. The number of halogens is 1. The van der Waals surface area contributed by atoms with Crippen molar-refractivity contribution in [3.05, 3.63) is 121 Å². The third kappa shape index (κ3) is 6.74. The molecule has 0 spiro atoms. The van der Waals surface area contributed by atoms with Crippen LogP contribution in [0, 0.1) is 17.0 Å². The molecule has 12 heteroatoms. The van der Waals surface area contributed by atoms with Crippen molar-refractivity contribution in [3.8, 4) is 22.9 Å². The fourth-order valence-corrected chi connectivity index (χ4v) is 5.03. The molecule has 5 rings (SSSR count). The van der Waals surface area contributed by atoms with E-state index in [0.717, 1.165) is 15.8 Å². The number of benzene rings is 4. The van der Waals surface area contributed by atoms with E-state index >= 15 is 0 Å². The van der Waals surface area contributed by atoms with Crippen LogP contribution in [0.15, 0.2) is 88.8 Å². The summed E-state index contributed by atoms with van der Waals surface area (Å²) < 4.78 is 12.5. The van der Waals surface area contributed by atoms with Gasteiger partial charge in [-0.2, -0.15) is 9.78 Å². The molecular weight excluding hydrogens is 610 g/mol. The molecule has 0 atom stereocenters. The van der Waals surface area contributed by atoms with Crippen LogP contribution in [0.1, 0.15) is 36.5 Å². The largest absolute Gasteiger partial charge is 0.496 e. The van der Waals surface area contributed by atoms with Crippen LogP contribution in [-0.2, 0) is 4.79 Å². The van der Waals surface area contributed by atoms with Crippen LogP contribution < -0.4 is 20.3 Å². The number of aryl methyl sites for hydroxylation is 1. The Morgan fingerprint density at radius 2 is 1.85 bits per heavy atom. The second kappa shape index (κ2) is 13.6. The number of ether oxygens (including phenoxy) is 2. The van der Waals surface area contributed by atoms with Gasteiger partial charge in [0, 0.05) is 27.9 Å². The zero-order valence-corrected chi connectivity index (χ0v) is 26.2. The standard InChI is InChI=1S/C34H30ClN5O6/c1-20(2)26-17-27(21(3)16-30(26)45-4)33-38-28-10-6-5-9-25(28)34(42)39(33)36-18-22-8-7-11-29(40(43)44)32(22)46-19-31(41)37-24-14-12-23(35)13-15-24/h5-18,20H,19H2,1-4H3,(H,37,41). The van der Waals surface area contributed by atoms with Crippen LogP contribution in [0.5, 0.6) is 11.5 Å². The number of nitrogens with one attached hydrogen (secondary N) is 1. The fourth-order valence-electron chi connectivity index (χ4n) is 4.91. The van der Waals surface area contributed by atoms with E-state index in [9.17, 15) is 19.7 Å². The van der Waals surface area contributed by atoms with Gasteiger partial charge in [-0.15, -0.1) is 0 Å². The van der Waals surface area contributed by atoms with Gasteiger partial charge < -0.3 is 14.8 Å². The minimum Gasteiger partial charge on any atom is -0.496 e. The smallest absolute Gasteiger partial charge is 0.311 e. The summed E-state index contributed by atoms with van der Waals surface area (Å²) in [5.41, 5.74) is 2.72. The molecule has 0 radical (unpaired) electrons. The highest BCUT2D eigenvalue weighted by Gasteiger charge is 2.21. The topological polar surface area (TPSA) is 138 Å². The highest BCUT2D eigenvalue weighted by Crippen LogP contribution is 2.34. The van der Waals surface area contributed by atoms with Gasteiger partial charge in [0.05, 0.1) is 29.2 Å². The Morgan fingerprint density at radius 3 is 2.54 bits per heavy atom. The molecule has 4 aromatic carbocycles. The lowest BCUT2D eigenvalue weighted by Gasteiger charge is -2.17. The van der Waals surface area contributed by atoms with Crippen molar-refractivity contribution in [3.63, 3.8) is 0 Å². The van der Waals surface area contributed by atoms with E-state index in [2.05, 4.69) is 10.4 Å². The predicted molar refractivity (Wildman–Crippen MR) is 178 cm³/mol. The van der Waals surface area contributed by atoms with Crippen molar-refractivity contribution in [1.29, 1.82) is 0 Å². The molecule has 0 aliphatic rings. The van der Waals surface area contributed by atoms with Crippen LogP contribution in [0.3, 0.4) is 0 Å². The Morgan fingerprint density at radius 1 is 1.11 bits per heavy atom. The number of carbonyl (C=O) groups excluding carboxylic acids is 1. The second-order valence-electron chi connectivity index (χ2n) is 10.7. The molecule has 0 bridgehead atoms. The molecule has 1 amide bonds. The first-order chi connectivity index (χ1) is 22.1. The molecule has 0 aliphatic heterocycles. The molecule has 11 nitrogen and oxygen atoms in total. The van der Waals surface area contributed by atoms with Crippen molar-refractivity contribution in [2.24, 2.45) is 5.10 Å². The third-order valence-corrected chi connectivity index (χ3v) is 7.45. The predicted octanol–water partition coefficient (Wildman–Crippen LogP) is 6.97. The number of fused-ring (bicyclic) bond motifs is 1. The van der Waals surface area contributed by atoms with Gasteiger partial charge in [0.2, 0.25) is 5.75 Å². The number of rotatable bonds is 10. The van der Waals surface area contributed by atoms with Gasteiger partial charge >= 0.3 is 5.69 Å². The monoisotopic (exact) mass is 639 g/mol. The van der Waals surface area contributed by atoms with Crippen LogP contribution in [0.2, 0.25) is 5.02 Å². The number of hydrogen-bond donors (Lipinski definition) is 1. The maximum Gasteiger partial charge on any atom is 0.311 e. The number of hydrogen-bond acceptors (Lipinski definition) is 8. The minimum atomic E-state index is -0.618. The van der Waals surface area contributed by atoms with Crippen LogP contribution in [0.4, 0.5) is 11.4 Å². The van der Waals surface area contributed by atoms with Gasteiger partial charge in [-0.25, -0.2) is 4.98 Å². The lowest BCUT2D eigenvalue weighted by atomic mass is 9.96. The molecule has 1 N–H and O–H groups in total. The Kier molecular flexibility index (Phi) is 9.43. The van der Waals surface area contributed by atoms with E-state index in [1.54, 1.807) is 55.6 Å². The second-order valence-corrected chi connectivity index (χ2v) is 11.1. The first-order valence-corrected chi connectivity index (χ1v) is 14.7. The average molecular weight is 640 g/mol. The molecule has 0 saturated heterocycles. The van der Waals surface area contributed by atoms with Crippen molar-refractivity contribution in [2.45, 2.75) is 26.7 Å². The Hall–Kier alpha value is -5.55. The molecule has 0 fully saturated rings. The number of aromatic nitrogens is 2. The first kappa shape index (κ1) is 31.9. The van der Waals surface area contributed by atoms with Crippen molar-refractivity contribution >= 4 is 46.0 Å². The Labute approximate surface area is 269 Å². The van der Waals surface area contributed by atoms with Crippen molar-refractivity contribution < 1.29 is 19.2 Å². The number of amides is 1. The normalized spacial score (nSPS) is 11.3. The van der Waals surface area contributed by atoms with Crippen molar-refractivity contribution in [2.75, 3.05) is 19.0 Å². The maximum absolute atomic E-state index is 13.9. The molecule has 0 saturated carbocycles. The molecule has 0 unspecified atom stereocenters. The van der Waals surface area contributed by atoms with Gasteiger partial charge in [-0.3, -0.25) is 19.7 Å². The fraction of sp³-hybridized carbons (Fsp3) is 0.176. The summed E-state index contributed by atoms with van der Waals surface area (Å²) in [7, 11) is 1.61. The molecule has 46 heavy (non-hydrogen) atoms. The van der Waals surface area contributed by atoms with E-state index < -0.39 is 23.0 Å². The van der Waals surface area contributed by atoms with E-state index in [-0.39, 0.29) is 28.7 Å². The maximum atomic E-state index is 13.9. The van der Waals surface area contributed by atoms with E-state index in [1.807, 2.05) is 32.9 Å².